The van der Waals surface area contributed by atoms with Gasteiger partial charge in [0.1, 0.15) is 5.76 Å². The molecule has 2 N–H and O–H groups in total. The summed E-state index contributed by atoms with van der Waals surface area (Å²) in [6.07, 6.45) is 0. The summed E-state index contributed by atoms with van der Waals surface area (Å²) < 4.78 is 5.67. The van der Waals surface area contributed by atoms with Crippen LogP contribution in [0.15, 0.2) is 64.4 Å². The third-order valence-corrected chi connectivity index (χ3v) is 5.64. The van der Waals surface area contributed by atoms with Crippen molar-refractivity contribution in [1.29, 1.82) is 0 Å². The van der Waals surface area contributed by atoms with Gasteiger partial charge in [-0.25, -0.2) is 9.97 Å². The summed E-state index contributed by atoms with van der Waals surface area (Å²) in [4.78, 5) is 32.8. The highest BCUT2D eigenvalue weighted by atomic mass is 32.1. The second kappa shape index (κ2) is 9.15. The molecule has 1 unspecified atom stereocenters. The van der Waals surface area contributed by atoms with Gasteiger partial charge in [-0.2, -0.15) is 0 Å². The molecule has 0 aliphatic heterocycles. The monoisotopic (exact) mass is 446 g/mol. The van der Waals surface area contributed by atoms with Crippen molar-refractivity contribution in [3.63, 3.8) is 0 Å². The maximum atomic E-state index is 12.7. The number of amides is 2. The predicted molar refractivity (Wildman–Crippen MR) is 124 cm³/mol. The Labute approximate surface area is 189 Å². The van der Waals surface area contributed by atoms with E-state index in [-0.39, 0.29) is 23.6 Å². The molecule has 0 saturated heterocycles. The molecular formula is C24H22N4O3S. The highest BCUT2D eigenvalue weighted by Crippen LogP contribution is 2.27. The predicted octanol–water partition coefficient (Wildman–Crippen LogP) is 5.22. The summed E-state index contributed by atoms with van der Waals surface area (Å²) in [5.41, 5.74) is 3.72. The Bertz CT molecular complexity index is 1250. The molecule has 2 aromatic carbocycles. The summed E-state index contributed by atoms with van der Waals surface area (Å²) in [5, 5.41) is 8.02. The van der Waals surface area contributed by atoms with Crippen molar-refractivity contribution in [1.82, 2.24) is 15.3 Å². The number of hydrogen-bond acceptors (Lipinski definition) is 6. The van der Waals surface area contributed by atoms with Gasteiger partial charge in [0.2, 0.25) is 11.8 Å². The molecule has 0 bridgehead atoms. The minimum atomic E-state index is -0.367. The second-order valence-corrected chi connectivity index (χ2v) is 8.18. The molecule has 1 atom stereocenters. The van der Waals surface area contributed by atoms with Gasteiger partial charge in [0, 0.05) is 23.4 Å². The van der Waals surface area contributed by atoms with Crippen molar-refractivity contribution in [3.8, 4) is 22.7 Å². The van der Waals surface area contributed by atoms with Crippen LogP contribution in [0.5, 0.6) is 0 Å². The van der Waals surface area contributed by atoms with E-state index in [0.29, 0.717) is 16.8 Å². The molecule has 0 radical (unpaired) electrons. The molecule has 32 heavy (non-hydrogen) atoms. The molecule has 2 aromatic heterocycles. The number of rotatable bonds is 6. The highest BCUT2D eigenvalue weighted by molar-refractivity contribution is 7.14. The molecule has 0 saturated carbocycles. The van der Waals surface area contributed by atoms with Crippen molar-refractivity contribution >= 4 is 28.3 Å². The van der Waals surface area contributed by atoms with E-state index in [2.05, 4.69) is 20.6 Å². The van der Waals surface area contributed by atoms with Crippen LogP contribution in [0.4, 0.5) is 5.13 Å². The first kappa shape index (κ1) is 21.5. The zero-order chi connectivity index (χ0) is 22.7. The van der Waals surface area contributed by atoms with Gasteiger partial charge >= 0.3 is 0 Å². The van der Waals surface area contributed by atoms with Crippen molar-refractivity contribution < 1.29 is 14.0 Å². The largest absolute Gasteiger partial charge is 0.441 e. The topological polar surface area (TPSA) is 97.1 Å². The lowest BCUT2D eigenvalue weighted by Crippen LogP contribution is -2.23. The lowest BCUT2D eigenvalue weighted by atomic mass is 10.1. The van der Waals surface area contributed by atoms with Gasteiger partial charge in [0.05, 0.1) is 11.7 Å². The average molecular weight is 447 g/mol. The van der Waals surface area contributed by atoms with Gasteiger partial charge < -0.3 is 9.73 Å². The van der Waals surface area contributed by atoms with Crippen LogP contribution in [0.1, 0.15) is 41.7 Å². The van der Waals surface area contributed by atoms with E-state index in [4.69, 9.17) is 4.42 Å². The summed E-state index contributed by atoms with van der Waals surface area (Å²) in [6, 6.07) is 17.2. The Balaban J connectivity index is 1.46. The van der Waals surface area contributed by atoms with Crippen LogP contribution >= 0.6 is 11.3 Å². The highest BCUT2D eigenvalue weighted by Gasteiger charge is 2.19. The molecular weight excluding hydrogens is 424 g/mol. The Hall–Kier alpha value is -3.78. The van der Waals surface area contributed by atoms with E-state index in [1.807, 2.05) is 66.9 Å². The fourth-order valence-corrected chi connectivity index (χ4v) is 3.98. The molecule has 4 aromatic rings. The first-order chi connectivity index (χ1) is 15.4. The maximum absolute atomic E-state index is 12.7. The number of oxazole rings is 1. The lowest BCUT2D eigenvalue weighted by molar-refractivity contribution is -0.119. The normalized spacial score (nSPS) is 11.7. The number of nitrogens with zero attached hydrogens (tertiary/aromatic N) is 2. The van der Waals surface area contributed by atoms with Crippen LogP contribution in [0.2, 0.25) is 0 Å². The number of aryl methyl sites for hydroxylation is 1. The number of nitrogens with one attached hydrogen (secondary N) is 2. The Morgan fingerprint density at radius 2 is 1.72 bits per heavy atom. The number of hydrogen-bond donors (Lipinski definition) is 2. The molecule has 0 aliphatic rings. The van der Waals surface area contributed by atoms with Crippen molar-refractivity contribution in [3.05, 3.63) is 77.0 Å². The number of aromatic nitrogens is 2. The van der Waals surface area contributed by atoms with Crippen molar-refractivity contribution in [2.75, 3.05) is 5.32 Å². The Morgan fingerprint density at radius 3 is 2.41 bits per heavy atom. The van der Waals surface area contributed by atoms with Crippen LogP contribution in [0, 0.1) is 6.92 Å². The zero-order valence-electron chi connectivity index (χ0n) is 17.9. The SMILES string of the molecule is CC(=O)NC(C)c1ccc(-c2csc(NC(=O)c3nc(-c4ccccc4)oc3C)n2)cc1. The Morgan fingerprint density at radius 1 is 1.00 bits per heavy atom. The minimum absolute atomic E-state index is 0.0697. The van der Waals surface area contributed by atoms with E-state index in [0.717, 1.165) is 22.4 Å². The molecule has 0 fully saturated rings. The van der Waals surface area contributed by atoms with Crippen LogP contribution in [-0.2, 0) is 4.79 Å². The fraction of sp³-hybridized carbons (Fsp3) is 0.167. The van der Waals surface area contributed by atoms with Crippen LogP contribution in [0.3, 0.4) is 0 Å². The number of carbonyl (C=O) groups is 2. The number of benzene rings is 2. The quantitative estimate of drug-likeness (QED) is 0.423. The van der Waals surface area contributed by atoms with Gasteiger partial charge in [0.25, 0.3) is 5.91 Å². The lowest BCUT2D eigenvalue weighted by Gasteiger charge is -2.12. The molecule has 162 valence electrons. The summed E-state index contributed by atoms with van der Waals surface area (Å²) in [7, 11) is 0. The van der Waals surface area contributed by atoms with Gasteiger partial charge in [-0.05, 0) is 31.5 Å². The molecule has 2 amide bonds. The smallest absolute Gasteiger partial charge is 0.279 e. The van der Waals surface area contributed by atoms with E-state index in [9.17, 15) is 9.59 Å². The average Bonchev–Trinajstić information content (AvgIpc) is 3.41. The van der Waals surface area contributed by atoms with Crippen LogP contribution in [-0.4, -0.2) is 21.8 Å². The number of anilines is 1. The summed E-state index contributed by atoms with van der Waals surface area (Å²) >= 11 is 1.34. The van der Waals surface area contributed by atoms with Crippen LogP contribution < -0.4 is 10.6 Å². The minimum Gasteiger partial charge on any atom is -0.441 e. The molecule has 8 heteroatoms. The Kier molecular flexibility index (Phi) is 6.13. The van der Waals surface area contributed by atoms with Gasteiger partial charge in [-0.1, -0.05) is 42.5 Å². The first-order valence-electron chi connectivity index (χ1n) is 10.1. The van der Waals surface area contributed by atoms with E-state index >= 15 is 0 Å². The molecule has 0 aliphatic carbocycles. The number of thiazole rings is 1. The third-order valence-electron chi connectivity index (χ3n) is 4.88. The fourth-order valence-electron chi connectivity index (χ4n) is 3.26. The third kappa shape index (κ3) is 4.76. The standard InChI is InChI=1S/C24H22N4O3S/c1-14(25-16(3)29)17-9-11-18(12-10-17)20-13-32-24(26-20)28-22(30)21-15(2)31-23(27-21)19-7-5-4-6-8-19/h4-14H,1-3H3,(H,25,29)(H,26,28,30). The van der Waals surface area contributed by atoms with Gasteiger partial charge in [0.15, 0.2) is 10.8 Å². The second-order valence-electron chi connectivity index (χ2n) is 7.33. The van der Waals surface area contributed by atoms with Gasteiger partial charge in [-0.15, -0.1) is 11.3 Å². The number of carbonyl (C=O) groups excluding carboxylic acids is 2. The van der Waals surface area contributed by atoms with E-state index in [1.165, 1.54) is 18.3 Å². The van der Waals surface area contributed by atoms with Crippen molar-refractivity contribution in [2.24, 2.45) is 0 Å². The molecule has 4 rings (SSSR count). The summed E-state index contributed by atoms with van der Waals surface area (Å²) in [6.45, 7) is 5.14. The first-order valence-corrected chi connectivity index (χ1v) is 11.0. The summed E-state index contributed by atoms with van der Waals surface area (Å²) in [5.74, 6) is 0.414. The van der Waals surface area contributed by atoms with Gasteiger partial charge in [-0.3, -0.25) is 14.9 Å². The molecule has 0 spiro atoms. The molecule has 2 heterocycles. The zero-order valence-corrected chi connectivity index (χ0v) is 18.7. The molecule has 7 nitrogen and oxygen atoms in total. The van der Waals surface area contributed by atoms with Crippen LogP contribution in [0.25, 0.3) is 22.7 Å². The van der Waals surface area contributed by atoms with Crippen molar-refractivity contribution in [2.45, 2.75) is 26.8 Å². The van der Waals surface area contributed by atoms with E-state index < -0.39 is 0 Å². The maximum Gasteiger partial charge on any atom is 0.279 e. The van der Waals surface area contributed by atoms with E-state index in [1.54, 1.807) is 6.92 Å².